The number of aliphatic imine (C=N–C) groups is 1. The van der Waals surface area contributed by atoms with Crippen molar-refractivity contribution in [2.45, 2.75) is 6.42 Å². The van der Waals surface area contributed by atoms with Crippen LogP contribution in [0.1, 0.15) is 5.56 Å². The van der Waals surface area contributed by atoms with E-state index in [1.165, 1.54) is 17.1 Å². The van der Waals surface area contributed by atoms with Crippen molar-refractivity contribution in [1.82, 2.24) is 0 Å². The molecule has 1 aromatic rings. The highest BCUT2D eigenvalue weighted by Crippen LogP contribution is 2.32. The molecule has 0 unspecified atom stereocenters. The Morgan fingerprint density at radius 2 is 2.18 bits per heavy atom. The molecule has 0 N–H and O–H groups in total. The predicted molar refractivity (Wildman–Crippen MR) is 44.9 cm³/mol. The van der Waals surface area contributed by atoms with Gasteiger partial charge in [-0.15, -0.1) is 0 Å². The molecule has 2 heterocycles. The summed E-state index contributed by atoms with van der Waals surface area (Å²) < 4.78 is 0. The highest BCUT2D eigenvalue weighted by Gasteiger charge is 2.29. The van der Waals surface area contributed by atoms with Gasteiger partial charge in [0, 0.05) is 12.1 Å². The van der Waals surface area contributed by atoms with E-state index in [0.29, 0.717) is 0 Å². The lowest BCUT2D eigenvalue weighted by atomic mass is 10.2. The molecule has 54 valence electrons. The maximum absolute atomic E-state index is 4.29. The molecule has 0 bridgehead atoms. The van der Waals surface area contributed by atoms with Crippen LogP contribution in [0.2, 0.25) is 0 Å². The summed E-state index contributed by atoms with van der Waals surface area (Å²) in [6.45, 7) is 0.867. The fourth-order valence-corrected chi connectivity index (χ4v) is 1.70. The van der Waals surface area contributed by atoms with Crippen LogP contribution in [0, 0.1) is 0 Å². The van der Waals surface area contributed by atoms with Gasteiger partial charge in [-0.25, -0.2) is 4.99 Å². The van der Waals surface area contributed by atoms with Gasteiger partial charge in [-0.1, -0.05) is 18.2 Å². The zero-order valence-electron chi connectivity index (χ0n) is 6.12. The van der Waals surface area contributed by atoms with Crippen LogP contribution >= 0.6 is 0 Å². The lowest BCUT2D eigenvalue weighted by Gasteiger charge is -2.25. The first-order valence-electron chi connectivity index (χ1n) is 3.84. The van der Waals surface area contributed by atoms with Crippen molar-refractivity contribution >= 4 is 11.5 Å². The quantitative estimate of drug-likeness (QED) is 0.537. The van der Waals surface area contributed by atoms with Crippen molar-refractivity contribution in [3.8, 4) is 0 Å². The zero-order valence-corrected chi connectivity index (χ0v) is 6.12. The van der Waals surface area contributed by atoms with Crippen LogP contribution in [0.5, 0.6) is 0 Å². The average Bonchev–Trinajstić information content (AvgIpc) is 2.23. The zero-order chi connectivity index (χ0) is 7.26. The molecule has 3 rings (SSSR count). The van der Waals surface area contributed by atoms with E-state index in [2.05, 4.69) is 34.2 Å². The summed E-state index contributed by atoms with van der Waals surface area (Å²) in [6, 6.07) is 8.51. The molecule has 0 aliphatic carbocycles. The van der Waals surface area contributed by atoms with Crippen molar-refractivity contribution in [2.24, 2.45) is 4.99 Å². The van der Waals surface area contributed by atoms with E-state index in [1.807, 2.05) is 0 Å². The molecule has 0 saturated carbocycles. The molecule has 2 aliphatic rings. The molecule has 0 radical (unpaired) electrons. The summed E-state index contributed by atoms with van der Waals surface area (Å²) in [5.74, 6) is 1.24. The number of para-hydroxylation sites is 1. The maximum Gasteiger partial charge on any atom is 0.118 e. The molecule has 2 aliphatic heterocycles. The summed E-state index contributed by atoms with van der Waals surface area (Å²) in [5.41, 5.74) is 2.78. The highest BCUT2D eigenvalue weighted by atomic mass is 15.3. The SMILES string of the molecule is c1ccc2c(c1)CC1=NCN12. The second-order valence-electron chi connectivity index (χ2n) is 2.95. The van der Waals surface area contributed by atoms with E-state index in [0.717, 1.165) is 13.1 Å². The van der Waals surface area contributed by atoms with Crippen LogP contribution in [0.3, 0.4) is 0 Å². The van der Waals surface area contributed by atoms with Crippen LogP contribution in [-0.2, 0) is 6.42 Å². The Bertz CT molecular complexity index is 341. The Morgan fingerprint density at radius 1 is 1.27 bits per heavy atom. The summed E-state index contributed by atoms with van der Waals surface area (Å²) in [7, 11) is 0. The second kappa shape index (κ2) is 1.64. The minimum Gasteiger partial charge on any atom is -0.309 e. The third-order valence-electron chi connectivity index (χ3n) is 2.34. The van der Waals surface area contributed by atoms with Crippen molar-refractivity contribution in [2.75, 3.05) is 11.6 Å². The number of rotatable bonds is 0. The molecule has 1 aromatic carbocycles. The topological polar surface area (TPSA) is 15.6 Å². The van der Waals surface area contributed by atoms with E-state index in [1.54, 1.807) is 0 Å². The number of benzene rings is 1. The predicted octanol–water partition coefficient (Wildman–Crippen LogP) is 1.42. The molecule has 2 nitrogen and oxygen atoms in total. The van der Waals surface area contributed by atoms with E-state index in [-0.39, 0.29) is 0 Å². The number of amidine groups is 1. The number of hydrogen-bond donors (Lipinski definition) is 0. The molecule has 0 amide bonds. The molecule has 2 heteroatoms. The molecule has 0 atom stereocenters. The van der Waals surface area contributed by atoms with Crippen LogP contribution < -0.4 is 4.90 Å². The molecule has 0 aromatic heterocycles. The molecule has 0 spiro atoms. The van der Waals surface area contributed by atoms with E-state index < -0.39 is 0 Å². The van der Waals surface area contributed by atoms with Gasteiger partial charge in [0.15, 0.2) is 0 Å². The smallest absolute Gasteiger partial charge is 0.118 e. The summed E-state index contributed by atoms with van der Waals surface area (Å²) in [5, 5.41) is 0. The van der Waals surface area contributed by atoms with Crippen LogP contribution in [0.4, 0.5) is 5.69 Å². The van der Waals surface area contributed by atoms with Crippen LogP contribution in [0.15, 0.2) is 29.3 Å². The Morgan fingerprint density at radius 3 is 3.00 bits per heavy atom. The van der Waals surface area contributed by atoms with Crippen molar-refractivity contribution < 1.29 is 0 Å². The lowest BCUT2D eigenvalue weighted by Crippen LogP contribution is -2.36. The highest BCUT2D eigenvalue weighted by molar-refractivity contribution is 6.08. The average molecular weight is 144 g/mol. The van der Waals surface area contributed by atoms with Crippen molar-refractivity contribution in [1.29, 1.82) is 0 Å². The van der Waals surface area contributed by atoms with Gasteiger partial charge in [0.05, 0.1) is 0 Å². The van der Waals surface area contributed by atoms with Gasteiger partial charge in [-0.3, -0.25) is 0 Å². The summed E-state index contributed by atoms with van der Waals surface area (Å²) in [6.07, 6.45) is 1.04. The molecule has 11 heavy (non-hydrogen) atoms. The molecular weight excluding hydrogens is 136 g/mol. The molecular formula is C9H8N2. The van der Waals surface area contributed by atoms with Crippen LogP contribution in [0.25, 0.3) is 0 Å². The fourth-order valence-electron chi connectivity index (χ4n) is 1.70. The third-order valence-corrected chi connectivity index (χ3v) is 2.34. The first kappa shape index (κ1) is 5.35. The number of anilines is 1. The fraction of sp³-hybridized carbons (Fsp3) is 0.222. The largest absolute Gasteiger partial charge is 0.309 e. The monoisotopic (exact) mass is 144 g/mol. The molecule has 0 fully saturated rings. The van der Waals surface area contributed by atoms with Gasteiger partial charge in [-0.2, -0.15) is 0 Å². The van der Waals surface area contributed by atoms with E-state index in [9.17, 15) is 0 Å². The maximum atomic E-state index is 4.29. The number of hydrogen-bond acceptors (Lipinski definition) is 2. The lowest BCUT2D eigenvalue weighted by molar-refractivity contribution is 0.927. The van der Waals surface area contributed by atoms with Gasteiger partial charge in [0.2, 0.25) is 0 Å². The van der Waals surface area contributed by atoms with E-state index in [4.69, 9.17) is 0 Å². The van der Waals surface area contributed by atoms with Gasteiger partial charge in [0.1, 0.15) is 12.5 Å². The van der Waals surface area contributed by atoms with Gasteiger partial charge < -0.3 is 4.90 Å². The second-order valence-corrected chi connectivity index (χ2v) is 2.95. The minimum atomic E-state index is 0.867. The Balaban J connectivity index is 2.23. The first-order chi connectivity index (χ1) is 5.45. The Labute approximate surface area is 65.2 Å². The van der Waals surface area contributed by atoms with Gasteiger partial charge in [-0.05, 0) is 11.6 Å². The standard InChI is InChI=1S/C9H8N2/c1-2-4-8-7(3-1)5-9-10-6-11(8)9/h1-4H,5-6H2. The first-order valence-corrected chi connectivity index (χ1v) is 3.84. The normalized spacial score (nSPS) is 18.5. The number of fused-ring (bicyclic) bond motifs is 3. The Hall–Kier alpha value is -1.31. The van der Waals surface area contributed by atoms with Crippen molar-refractivity contribution in [3.05, 3.63) is 29.8 Å². The number of nitrogens with zero attached hydrogens (tertiary/aromatic N) is 2. The minimum absolute atomic E-state index is 0.867. The summed E-state index contributed by atoms with van der Waals surface area (Å²) in [4.78, 5) is 6.56. The van der Waals surface area contributed by atoms with Crippen molar-refractivity contribution in [3.63, 3.8) is 0 Å². The van der Waals surface area contributed by atoms with Gasteiger partial charge in [0.25, 0.3) is 0 Å². The van der Waals surface area contributed by atoms with Gasteiger partial charge >= 0.3 is 0 Å². The van der Waals surface area contributed by atoms with E-state index >= 15 is 0 Å². The Kier molecular flexibility index (Phi) is 0.799. The molecule has 0 saturated heterocycles. The summed E-state index contributed by atoms with van der Waals surface area (Å²) >= 11 is 0. The third kappa shape index (κ3) is 0.546. The van der Waals surface area contributed by atoms with Crippen LogP contribution in [-0.4, -0.2) is 12.5 Å².